The number of aromatic nitrogens is 2. The second kappa shape index (κ2) is 10.5. The van der Waals surface area contributed by atoms with Gasteiger partial charge in [-0.3, -0.25) is 4.79 Å². The molecule has 3 heterocycles. The molecule has 0 radical (unpaired) electrons. The normalized spacial score (nSPS) is 16.4. The van der Waals surface area contributed by atoms with Crippen LogP contribution in [0.25, 0.3) is 11.0 Å². The van der Waals surface area contributed by atoms with Gasteiger partial charge in [-0.2, -0.15) is 13.2 Å². The third-order valence-electron chi connectivity index (χ3n) is 6.62. The molecule has 2 aliphatic rings. The van der Waals surface area contributed by atoms with Gasteiger partial charge in [0.15, 0.2) is 17.6 Å². The number of hydrogen-bond acceptors (Lipinski definition) is 3. The van der Waals surface area contributed by atoms with Crippen molar-refractivity contribution in [1.29, 1.82) is 0 Å². The molecular formula is C25H28ClF3N4O2. The predicted octanol–water partition coefficient (Wildman–Crippen LogP) is 1.15. The molecule has 0 saturated carbocycles. The molecule has 0 bridgehead atoms. The lowest BCUT2D eigenvalue weighted by molar-refractivity contribution is -0.678. The van der Waals surface area contributed by atoms with Crippen LogP contribution >= 0.6 is 0 Å². The van der Waals surface area contributed by atoms with Gasteiger partial charge < -0.3 is 27.4 Å². The highest BCUT2D eigenvalue weighted by Crippen LogP contribution is 2.32. The number of carbonyl (C=O) groups excluding carboxylic acids is 1. The van der Waals surface area contributed by atoms with Gasteiger partial charge in [-0.15, -0.1) is 0 Å². The number of aryl methyl sites for hydroxylation is 1. The summed E-state index contributed by atoms with van der Waals surface area (Å²) in [6.45, 7) is 3.76. The smallest absolute Gasteiger partial charge is 0.416 e. The average molecular weight is 509 g/mol. The molecule has 1 N–H and O–H groups in total. The number of carbonyl (C=O) groups is 1. The van der Waals surface area contributed by atoms with E-state index in [-0.39, 0.29) is 24.9 Å². The minimum atomic E-state index is -4.43. The van der Waals surface area contributed by atoms with Crippen LogP contribution in [0.3, 0.4) is 0 Å². The molecule has 0 aliphatic carbocycles. The summed E-state index contributed by atoms with van der Waals surface area (Å²) in [6, 6.07) is 11.5. The topological polar surface area (TPSA) is 50.4 Å². The van der Waals surface area contributed by atoms with Crippen molar-refractivity contribution >= 4 is 28.3 Å². The second-order valence-electron chi connectivity index (χ2n) is 8.86. The van der Waals surface area contributed by atoms with Crippen LogP contribution in [-0.2, 0) is 35.2 Å². The Bertz CT molecular complexity index is 1190. The zero-order valence-corrected chi connectivity index (χ0v) is 20.0. The Kier molecular flexibility index (Phi) is 7.56. The van der Waals surface area contributed by atoms with Crippen molar-refractivity contribution in [3.05, 3.63) is 53.9 Å². The summed E-state index contributed by atoms with van der Waals surface area (Å²) in [5.41, 5.74) is 2.22. The van der Waals surface area contributed by atoms with E-state index in [9.17, 15) is 18.0 Å². The number of anilines is 2. The summed E-state index contributed by atoms with van der Waals surface area (Å²) in [5, 5.41) is 2.91. The van der Waals surface area contributed by atoms with E-state index in [1.807, 2.05) is 24.3 Å². The van der Waals surface area contributed by atoms with Crippen LogP contribution in [0.1, 0.15) is 30.7 Å². The molecule has 35 heavy (non-hydrogen) atoms. The van der Waals surface area contributed by atoms with Gasteiger partial charge in [0.25, 0.3) is 11.7 Å². The second-order valence-corrected chi connectivity index (χ2v) is 8.86. The molecule has 188 valence electrons. The Morgan fingerprint density at radius 3 is 2.49 bits per heavy atom. The Morgan fingerprint density at radius 1 is 1.03 bits per heavy atom. The molecule has 1 amide bonds. The molecule has 6 nitrogen and oxygen atoms in total. The molecule has 1 saturated heterocycles. The lowest BCUT2D eigenvalue weighted by Gasteiger charge is -2.28. The number of nitrogens with one attached hydrogen (secondary N) is 1. The molecule has 1 aromatic heterocycles. The van der Waals surface area contributed by atoms with Gasteiger partial charge in [-0.1, -0.05) is 0 Å². The van der Waals surface area contributed by atoms with Crippen LogP contribution in [-0.4, -0.2) is 36.8 Å². The zero-order chi connectivity index (χ0) is 23.7. The number of alkyl halides is 3. The number of hydrogen-bond donors (Lipinski definition) is 1. The first-order chi connectivity index (χ1) is 16.4. The molecule has 0 spiro atoms. The largest absolute Gasteiger partial charge is 1.00 e. The summed E-state index contributed by atoms with van der Waals surface area (Å²) >= 11 is 0. The number of halogens is 4. The van der Waals surface area contributed by atoms with E-state index in [4.69, 9.17) is 4.74 Å². The zero-order valence-electron chi connectivity index (χ0n) is 19.3. The third kappa shape index (κ3) is 5.41. The van der Waals surface area contributed by atoms with Crippen molar-refractivity contribution in [2.24, 2.45) is 0 Å². The fourth-order valence-corrected chi connectivity index (χ4v) is 4.91. The number of amides is 1. The SMILES string of the molecule is O=C(Cn1c2[n+](c3ccc(C(F)(F)F)cc31)CCCCC2)Nc1ccc(N2CCOCC2)cc1.[Cl-]. The lowest BCUT2D eigenvalue weighted by atomic mass is 10.2. The standard InChI is InChI=1S/C25H27F3N4O2.ClH/c26-25(27,28)18-5-10-21-22(16-18)32(24-4-2-1-3-11-31(21)24)17-23(33)29-19-6-8-20(9-7-19)30-12-14-34-15-13-30;/h5-10,16H,1-4,11-15,17H2;1H. The predicted molar refractivity (Wildman–Crippen MR) is 123 cm³/mol. The fourth-order valence-electron chi connectivity index (χ4n) is 4.91. The number of fused-ring (bicyclic) bond motifs is 3. The number of morpholine rings is 1. The van der Waals surface area contributed by atoms with Crippen molar-refractivity contribution in [2.45, 2.75) is 44.9 Å². The van der Waals surface area contributed by atoms with E-state index in [1.54, 1.807) is 4.57 Å². The molecule has 0 atom stereocenters. The number of ether oxygens (including phenoxy) is 1. The minimum absolute atomic E-state index is 0. The number of imidazole rings is 1. The van der Waals surface area contributed by atoms with E-state index in [0.717, 1.165) is 68.4 Å². The van der Waals surface area contributed by atoms with E-state index in [0.29, 0.717) is 24.4 Å². The first-order valence-corrected chi connectivity index (χ1v) is 11.7. The fraction of sp³-hybridized carbons (Fsp3) is 0.440. The van der Waals surface area contributed by atoms with Gasteiger partial charge in [-0.05, 0) is 55.7 Å². The maximum absolute atomic E-state index is 13.4. The first-order valence-electron chi connectivity index (χ1n) is 11.7. The van der Waals surface area contributed by atoms with E-state index in [1.165, 1.54) is 12.1 Å². The number of nitrogens with zero attached hydrogens (tertiary/aromatic N) is 3. The number of benzene rings is 2. The van der Waals surface area contributed by atoms with Crippen molar-refractivity contribution in [3.8, 4) is 0 Å². The minimum Gasteiger partial charge on any atom is -1.00 e. The quantitative estimate of drug-likeness (QED) is 0.538. The molecule has 0 unspecified atom stereocenters. The summed E-state index contributed by atoms with van der Waals surface area (Å²) < 4.78 is 49.4. The highest BCUT2D eigenvalue weighted by Gasteiger charge is 2.34. The first kappa shape index (κ1) is 25.3. The van der Waals surface area contributed by atoms with Crippen LogP contribution in [0.5, 0.6) is 0 Å². The van der Waals surface area contributed by atoms with Crippen LogP contribution < -0.4 is 27.2 Å². The van der Waals surface area contributed by atoms with Crippen molar-refractivity contribution in [2.75, 3.05) is 36.5 Å². The van der Waals surface area contributed by atoms with Gasteiger partial charge in [0.1, 0.15) is 0 Å². The van der Waals surface area contributed by atoms with Gasteiger partial charge in [0, 0.05) is 37.0 Å². The van der Waals surface area contributed by atoms with Crippen LogP contribution in [0.4, 0.5) is 24.5 Å². The molecule has 10 heteroatoms. The summed E-state index contributed by atoms with van der Waals surface area (Å²) in [4.78, 5) is 15.2. The van der Waals surface area contributed by atoms with Crippen molar-refractivity contribution in [1.82, 2.24) is 4.57 Å². The van der Waals surface area contributed by atoms with E-state index >= 15 is 0 Å². The van der Waals surface area contributed by atoms with Crippen molar-refractivity contribution in [3.63, 3.8) is 0 Å². The number of rotatable bonds is 4. The maximum atomic E-state index is 13.4. The highest BCUT2D eigenvalue weighted by atomic mass is 35.5. The van der Waals surface area contributed by atoms with Gasteiger partial charge in [0.2, 0.25) is 0 Å². The van der Waals surface area contributed by atoms with E-state index in [2.05, 4.69) is 14.8 Å². The molecule has 1 fully saturated rings. The van der Waals surface area contributed by atoms with Crippen LogP contribution in [0, 0.1) is 0 Å². The average Bonchev–Trinajstić information content (AvgIpc) is 2.97. The Hall–Kier alpha value is -2.78. The third-order valence-corrected chi connectivity index (χ3v) is 6.62. The lowest BCUT2D eigenvalue weighted by Crippen LogP contribution is -3.00. The van der Waals surface area contributed by atoms with Gasteiger partial charge in [0.05, 0.1) is 25.3 Å². The highest BCUT2D eigenvalue weighted by molar-refractivity contribution is 5.91. The Morgan fingerprint density at radius 2 is 1.77 bits per heavy atom. The molecular weight excluding hydrogens is 481 g/mol. The summed E-state index contributed by atoms with van der Waals surface area (Å²) in [6.07, 6.45) is -0.717. The van der Waals surface area contributed by atoms with Crippen molar-refractivity contribution < 1.29 is 39.7 Å². The molecule has 2 aromatic carbocycles. The molecule has 5 rings (SSSR count). The molecule has 2 aliphatic heterocycles. The van der Waals surface area contributed by atoms with Crippen LogP contribution in [0.15, 0.2) is 42.5 Å². The van der Waals surface area contributed by atoms with Gasteiger partial charge in [-0.25, -0.2) is 9.13 Å². The Balaban J connectivity index is 0.00000289. The van der Waals surface area contributed by atoms with E-state index < -0.39 is 11.7 Å². The summed E-state index contributed by atoms with van der Waals surface area (Å²) in [5.74, 6) is 0.644. The molecule has 3 aromatic rings. The van der Waals surface area contributed by atoms with Crippen LogP contribution in [0.2, 0.25) is 0 Å². The summed E-state index contributed by atoms with van der Waals surface area (Å²) in [7, 11) is 0. The maximum Gasteiger partial charge on any atom is 0.416 e. The Labute approximate surface area is 208 Å². The van der Waals surface area contributed by atoms with Gasteiger partial charge >= 0.3 is 6.18 Å². The monoisotopic (exact) mass is 508 g/mol.